The van der Waals surface area contributed by atoms with Gasteiger partial charge in [0, 0.05) is 18.0 Å². The fraction of sp³-hybridized carbons (Fsp3) is 0.565. The number of piperidine rings is 1. The molecule has 1 aromatic heterocycles. The Labute approximate surface area is 181 Å². The number of primary amides is 1. The highest BCUT2D eigenvalue weighted by molar-refractivity contribution is 6.04. The van der Waals surface area contributed by atoms with Crippen molar-refractivity contribution in [3.05, 3.63) is 30.0 Å². The molecule has 2 saturated carbocycles. The van der Waals surface area contributed by atoms with E-state index in [4.69, 9.17) is 5.73 Å². The SMILES string of the molecule is C[C@H]1CCC(CNC(=O)[C@@H]2C[C@H]3C[C@H]3N2C(=O)Cn2nc(C(N)=O)c3ccccc32)C1. The van der Waals surface area contributed by atoms with Gasteiger partial charge in [-0.05, 0) is 49.5 Å². The van der Waals surface area contributed by atoms with Gasteiger partial charge in [0.15, 0.2) is 5.69 Å². The second-order valence-electron chi connectivity index (χ2n) is 9.53. The van der Waals surface area contributed by atoms with E-state index >= 15 is 0 Å². The van der Waals surface area contributed by atoms with Crippen LogP contribution in [0.2, 0.25) is 0 Å². The molecule has 2 aromatic rings. The van der Waals surface area contributed by atoms with Gasteiger partial charge in [0.05, 0.1) is 5.52 Å². The molecule has 0 radical (unpaired) electrons. The average molecular weight is 424 g/mol. The Hall–Kier alpha value is -2.90. The maximum absolute atomic E-state index is 13.3. The fourth-order valence-corrected chi connectivity index (χ4v) is 5.56. The Bertz CT molecular complexity index is 1050. The van der Waals surface area contributed by atoms with Gasteiger partial charge in [-0.25, -0.2) is 0 Å². The topological polar surface area (TPSA) is 110 Å². The number of hydrogen-bond acceptors (Lipinski definition) is 4. The molecule has 31 heavy (non-hydrogen) atoms. The van der Waals surface area contributed by atoms with E-state index in [1.54, 1.807) is 11.0 Å². The van der Waals surface area contributed by atoms with Crippen LogP contribution in [0.4, 0.5) is 0 Å². The molecule has 2 heterocycles. The van der Waals surface area contributed by atoms with Gasteiger partial charge in [0.25, 0.3) is 5.91 Å². The molecule has 5 rings (SSSR count). The Kier molecular flexibility index (Phi) is 4.95. The van der Waals surface area contributed by atoms with Crippen LogP contribution in [0, 0.1) is 17.8 Å². The maximum atomic E-state index is 13.3. The first-order valence-corrected chi connectivity index (χ1v) is 11.3. The Morgan fingerprint density at radius 1 is 1.16 bits per heavy atom. The van der Waals surface area contributed by atoms with Crippen molar-refractivity contribution in [2.24, 2.45) is 23.5 Å². The van der Waals surface area contributed by atoms with Crippen molar-refractivity contribution in [1.82, 2.24) is 20.0 Å². The van der Waals surface area contributed by atoms with Gasteiger partial charge >= 0.3 is 0 Å². The molecule has 1 unspecified atom stereocenters. The standard InChI is InChI=1S/C23H29N5O3/c1-13-6-7-14(8-13)11-25-23(31)19-10-15-9-18(15)28(19)20(29)12-27-17-5-3-2-4-16(17)21(26-27)22(24)30/h2-5,13-15,18-19H,6-12H2,1H3,(H2,24,30)(H,25,31)/t13-,14?,15+,18+,19-/m0/s1. The summed E-state index contributed by atoms with van der Waals surface area (Å²) in [4.78, 5) is 39.7. The molecule has 3 amide bonds. The third-order valence-electron chi connectivity index (χ3n) is 7.24. The van der Waals surface area contributed by atoms with Crippen LogP contribution in [0.5, 0.6) is 0 Å². The van der Waals surface area contributed by atoms with E-state index in [9.17, 15) is 14.4 Å². The number of para-hydroxylation sites is 1. The molecule has 3 fully saturated rings. The number of carbonyl (C=O) groups excluding carboxylic acids is 3. The molecule has 8 nitrogen and oxygen atoms in total. The van der Waals surface area contributed by atoms with E-state index in [2.05, 4.69) is 17.3 Å². The van der Waals surface area contributed by atoms with Gasteiger partial charge in [0.1, 0.15) is 12.6 Å². The number of nitrogens with two attached hydrogens (primary N) is 1. The highest BCUT2D eigenvalue weighted by atomic mass is 16.2. The van der Waals surface area contributed by atoms with Crippen molar-refractivity contribution in [1.29, 1.82) is 0 Å². The summed E-state index contributed by atoms with van der Waals surface area (Å²) in [5.74, 6) is 0.896. The molecule has 3 N–H and O–H groups in total. The smallest absolute Gasteiger partial charge is 0.269 e. The van der Waals surface area contributed by atoms with Crippen molar-refractivity contribution in [2.75, 3.05) is 6.54 Å². The van der Waals surface area contributed by atoms with Crippen LogP contribution < -0.4 is 11.1 Å². The summed E-state index contributed by atoms with van der Waals surface area (Å²) in [6.07, 6.45) is 5.24. The van der Waals surface area contributed by atoms with E-state index in [-0.39, 0.29) is 30.1 Å². The average Bonchev–Trinajstić information content (AvgIpc) is 3.08. The Morgan fingerprint density at radius 2 is 1.97 bits per heavy atom. The summed E-state index contributed by atoms with van der Waals surface area (Å²) < 4.78 is 1.53. The van der Waals surface area contributed by atoms with Crippen LogP contribution in [-0.4, -0.2) is 51.0 Å². The number of nitrogens with zero attached hydrogens (tertiary/aromatic N) is 3. The van der Waals surface area contributed by atoms with Crippen LogP contribution in [0.3, 0.4) is 0 Å². The number of likely N-dealkylation sites (tertiary alicyclic amines) is 1. The Morgan fingerprint density at radius 3 is 2.71 bits per heavy atom. The predicted molar refractivity (Wildman–Crippen MR) is 115 cm³/mol. The zero-order chi connectivity index (χ0) is 21.7. The minimum atomic E-state index is -0.621. The summed E-state index contributed by atoms with van der Waals surface area (Å²) in [7, 11) is 0. The zero-order valence-electron chi connectivity index (χ0n) is 17.8. The lowest BCUT2D eigenvalue weighted by atomic mass is 10.1. The number of aromatic nitrogens is 2. The van der Waals surface area contributed by atoms with E-state index < -0.39 is 11.9 Å². The quantitative estimate of drug-likeness (QED) is 0.736. The number of hydrogen-bond donors (Lipinski definition) is 2. The van der Waals surface area contributed by atoms with Crippen LogP contribution in [-0.2, 0) is 16.1 Å². The summed E-state index contributed by atoms with van der Waals surface area (Å²) in [5, 5.41) is 8.04. The van der Waals surface area contributed by atoms with Crippen molar-refractivity contribution in [3.8, 4) is 0 Å². The second-order valence-corrected chi connectivity index (χ2v) is 9.53. The number of rotatable bonds is 6. The van der Waals surface area contributed by atoms with Crippen LogP contribution in [0.25, 0.3) is 10.9 Å². The van der Waals surface area contributed by atoms with E-state index in [1.807, 2.05) is 18.2 Å². The summed E-state index contributed by atoms with van der Waals surface area (Å²) >= 11 is 0. The van der Waals surface area contributed by atoms with E-state index in [1.165, 1.54) is 11.1 Å². The molecule has 8 heteroatoms. The van der Waals surface area contributed by atoms with Gasteiger partial charge in [-0.15, -0.1) is 0 Å². The van der Waals surface area contributed by atoms with Gasteiger partial charge in [0.2, 0.25) is 11.8 Å². The Balaban J connectivity index is 1.30. The monoisotopic (exact) mass is 423 g/mol. The fourth-order valence-electron chi connectivity index (χ4n) is 5.56. The first kappa shape index (κ1) is 20.0. The van der Waals surface area contributed by atoms with Crippen molar-refractivity contribution in [3.63, 3.8) is 0 Å². The largest absolute Gasteiger partial charge is 0.364 e. The van der Waals surface area contributed by atoms with Crippen molar-refractivity contribution >= 4 is 28.6 Å². The molecule has 0 spiro atoms. The third kappa shape index (κ3) is 3.68. The second kappa shape index (κ2) is 7.66. The highest BCUT2D eigenvalue weighted by Gasteiger charge is 2.56. The number of benzene rings is 1. The third-order valence-corrected chi connectivity index (χ3v) is 7.24. The minimum absolute atomic E-state index is 0.0130. The van der Waals surface area contributed by atoms with Gasteiger partial charge < -0.3 is 16.0 Å². The number of nitrogens with one attached hydrogen (secondary N) is 1. The minimum Gasteiger partial charge on any atom is -0.364 e. The first-order chi connectivity index (χ1) is 14.9. The predicted octanol–water partition coefficient (Wildman–Crippen LogP) is 1.68. The molecule has 1 aliphatic heterocycles. The summed E-state index contributed by atoms with van der Waals surface area (Å²) in [6.45, 7) is 2.94. The first-order valence-electron chi connectivity index (χ1n) is 11.3. The van der Waals surface area contributed by atoms with Gasteiger partial charge in [-0.1, -0.05) is 31.5 Å². The molecule has 2 aliphatic carbocycles. The van der Waals surface area contributed by atoms with Crippen molar-refractivity contribution in [2.45, 2.75) is 57.7 Å². The lowest BCUT2D eigenvalue weighted by molar-refractivity contribution is -0.140. The van der Waals surface area contributed by atoms with E-state index in [0.717, 1.165) is 31.6 Å². The molecule has 3 aliphatic rings. The maximum Gasteiger partial charge on any atom is 0.269 e. The molecule has 1 saturated heterocycles. The lowest BCUT2D eigenvalue weighted by Gasteiger charge is -2.27. The van der Waals surface area contributed by atoms with E-state index in [0.29, 0.717) is 29.3 Å². The van der Waals surface area contributed by atoms with Gasteiger partial charge in [-0.2, -0.15) is 5.10 Å². The summed E-state index contributed by atoms with van der Waals surface area (Å²) in [5.41, 5.74) is 6.32. The van der Waals surface area contributed by atoms with Crippen LogP contribution >= 0.6 is 0 Å². The lowest BCUT2D eigenvalue weighted by Crippen LogP contribution is -2.49. The molecular formula is C23H29N5O3. The van der Waals surface area contributed by atoms with Crippen LogP contribution in [0.15, 0.2) is 24.3 Å². The molecule has 1 aromatic carbocycles. The number of carbonyl (C=O) groups is 3. The van der Waals surface area contributed by atoms with Gasteiger partial charge in [-0.3, -0.25) is 19.1 Å². The highest BCUT2D eigenvalue weighted by Crippen LogP contribution is 2.48. The van der Waals surface area contributed by atoms with Crippen LogP contribution in [0.1, 0.15) is 49.5 Å². The van der Waals surface area contributed by atoms with Crippen molar-refractivity contribution < 1.29 is 14.4 Å². The molecule has 0 bridgehead atoms. The molecule has 164 valence electrons. The normalized spacial score (nSPS) is 29.2. The number of fused-ring (bicyclic) bond motifs is 2. The molecule has 5 atom stereocenters. The zero-order valence-corrected chi connectivity index (χ0v) is 17.8. The summed E-state index contributed by atoms with van der Waals surface area (Å²) in [6, 6.07) is 6.97. The molecular weight excluding hydrogens is 394 g/mol. The number of amides is 3.